The second-order valence-electron chi connectivity index (χ2n) is 4.95. The number of aryl methyl sites for hydroxylation is 1. The third-order valence-corrected chi connectivity index (χ3v) is 3.43. The largest absolute Gasteiger partial charge is 0.495 e. The molecule has 0 aliphatic rings. The first-order valence-electron chi connectivity index (χ1n) is 6.97. The van der Waals surface area contributed by atoms with Gasteiger partial charge in [0.15, 0.2) is 6.61 Å². The number of hydrogen-bond acceptors (Lipinski definition) is 4. The standard InChI is InChI=1S/C17H15ClFNO4/c1-10-3-6-15(23-2)14(7-10)20-16(21)9-24-17(22)12-5-4-11(19)8-13(12)18/h3-8H,9H2,1-2H3,(H,20,21). The van der Waals surface area contributed by atoms with E-state index in [-0.39, 0.29) is 10.6 Å². The molecule has 0 bridgehead atoms. The Hall–Kier alpha value is -2.60. The predicted molar refractivity (Wildman–Crippen MR) is 88.1 cm³/mol. The lowest BCUT2D eigenvalue weighted by molar-refractivity contribution is -0.119. The van der Waals surface area contributed by atoms with Crippen LogP contribution in [0.3, 0.4) is 0 Å². The summed E-state index contributed by atoms with van der Waals surface area (Å²) in [4.78, 5) is 23.8. The summed E-state index contributed by atoms with van der Waals surface area (Å²) in [6, 6.07) is 8.56. The van der Waals surface area contributed by atoms with Crippen molar-refractivity contribution >= 4 is 29.2 Å². The summed E-state index contributed by atoms with van der Waals surface area (Å²) in [5.74, 6) is -1.43. The average Bonchev–Trinajstić information content (AvgIpc) is 2.53. The Morgan fingerprint density at radius 3 is 2.62 bits per heavy atom. The number of carbonyl (C=O) groups is 2. The van der Waals surface area contributed by atoms with E-state index < -0.39 is 24.3 Å². The highest BCUT2D eigenvalue weighted by molar-refractivity contribution is 6.33. The van der Waals surface area contributed by atoms with Crippen LogP contribution in [0.2, 0.25) is 5.02 Å². The minimum Gasteiger partial charge on any atom is -0.495 e. The van der Waals surface area contributed by atoms with Crippen molar-refractivity contribution in [1.82, 2.24) is 0 Å². The van der Waals surface area contributed by atoms with Gasteiger partial charge in [-0.2, -0.15) is 0 Å². The van der Waals surface area contributed by atoms with Gasteiger partial charge in [-0.15, -0.1) is 0 Å². The summed E-state index contributed by atoms with van der Waals surface area (Å²) in [5.41, 5.74) is 1.39. The second-order valence-corrected chi connectivity index (χ2v) is 5.36. The number of benzene rings is 2. The Morgan fingerprint density at radius 2 is 1.96 bits per heavy atom. The van der Waals surface area contributed by atoms with Crippen molar-refractivity contribution in [2.75, 3.05) is 19.0 Å². The molecule has 0 heterocycles. The van der Waals surface area contributed by atoms with Gasteiger partial charge in [0, 0.05) is 0 Å². The van der Waals surface area contributed by atoms with Crippen molar-refractivity contribution in [3.05, 3.63) is 58.4 Å². The van der Waals surface area contributed by atoms with Crippen molar-refractivity contribution in [3.63, 3.8) is 0 Å². The maximum absolute atomic E-state index is 13.0. The van der Waals surface area contributed by atoms with Gasteiger partial charge in [0.05, 0.1) is 23.4 Å². The van der Waals surface area contributed by atoms with Gasteiger partial charge in [0.1, 0.15) is 11.6 Å². The Balaban J connectivity index is 1.98. The molecule has 0 saturated heterocycles. The summed E-state index contributed by atoms with van der Waals surface area (Å²) in [6.07, 6.45) is 0. The van der Waals surface area contributed by atoms with Gasteiger partial charge in [-0.25, -0.2) is 9.18 Å². The number of hydrogen-bond donors (Lipinski definition) is 1. The first-order valence-corrected chi connectivity index (χ1v) is 7.35. The number of rotatable bonds is 5. The van der Waals surface area contributed by atoms with Crippen LogP contribution in [0.4, 0.5) is 10.1 Å². The molecule has 0 unspecified atom stereocenters. The lowest BCUT2D eigenvalue weighted by Crippen LogP contribution is -2.21. The molecule has 24 heavy (non-hydrogen) atoms. The van der Waals surface area contributed by atoms with Crippen molar-refractivity contribution in [3.8, 4) is 5.75 Å². The summed E-state index contributed by atoms with van der Waals surface area (Å²) < 4.78 is 23.0. The maximum Gasteiger partial charge on any atom is 0.340 e. The normalized spacial score (nSPS) is 10.2. The molecule has 2 aromatic carbocycles. The molecule has 0 aromatic heterocycles. The van der Waals surface area contributed by atoms with Crippen molar-refractivity contribution in [2.45, 2.75) is 6.92 Å². The SMILES string of the molecule is COc1ccc(C)cc1NC(=O)COC(=O)c1ccc(F)cc1Cl. The third kappa shape index (κ3) is 4.45. The first kappa shape index (κ1) is 17.7. The van der Waals surface area contributed by atoms with Crippen LogP contribution in [0.1, 0.15) is 15.9 Å². The summed E-state index contributed by atoms with van der Waals surface area (Å²) >= 11 is 5.77. The fraction of sp³-hybridized carbons (Fsp3) is 0.176. The van der Waals surface area contributed by atoms with Gasteiger partial charge < -0.3 is 14.8 Å². The topological polar surface area (TPSA) is 64.6 Å². The van der Waals surface area contributed by atoms with Crippen molar-refractivity contribution in [2.24, 2.45) is 0 Å². The van der Waals surface area contributed by atoms with Gasteiger partial charge in [-0.05, 0) is 42.8 Å². The molecule has 0 aliphatic carbocycles. The zero-order chi connectivity index (χ0) is 17.7. The number of carbonyl (C=O) groups excluding carboxylic acids is 2. The van der Waals surface area contributed by atoms with Crippen molar-refractivity contribution < 1.29 is 23.5 Å². The molecular weight excluding hydrogens is 337 g/mol. The van der Waals surface area contributed by atoms with E-state index in [1.54, 1.807) is 12.1 Å². The molecular formula is C17H15ClFNO4. The molecule has 7 heteroatoms. The van der Waals surface area contributed by atoms with Crippen LogP contribution in [-0.4, -0.2) is 25.6 Å². The van der Waals surface area contributed by atoms with E-state index >= 15 is 0 Å². The van der Waals surface area contributed by atoms with E-state index in [9.17, 15) is 14.0 Å². The number of anilines is 1. The van der Waals surface area contributed by atoms with Crippen LogP contribution >= 0.6 is 11.6 Å². The molecule has 0 atom stereocenters. The van der Waals surface area contributed by atoms with Crippen LogP contribution in [0.15, 0.2) is 36.4 Å². The molecule has 1 amide bonds. The number of esters is 1. The monoisotopic (exact) mass is 351 g/mol. The Bertz CT molecular complexity index is 779. The molecule has 0 fully saturated rings. The van der Waals surface area contributed by atoms with E-state index in [4.69, 9.17) is 21.1 Å². The first-order chi connectivity index (χ1) is 11.4. The van der Waals surface area contributed by atoms with Gasteiger partial charge in [-0.1, -0.05) is 17.7 Å². The van der Waals surface area contributed by atoms with Gasteiger partial charge in [-0.3, -0.25) is 4.79 Å². The molecule has 0 spiro atoms. The van der Waals surface area contributed by atoms with E-state index in [1.165, 1.54) is 13.2 Å². The molecule has 0 radical (unpaired) electrons. The number of methoxy groups -OCH3 is 1. The predicted octanol–water partition coefficient (Wildman–Crippen LogP) is 3.59. The maximum atomic E-state index is 13.0. The van der Waals surface area contributed by atoms with E-state index in [0.717, 1.165) is 17.7 Å². The second kappa shape index (κ2) is 7.79. The number of ether oxygens (including phenoxy) is 2. The van der Waals surface area contributed by atoms with E-state index in [2.05, 4.69) is 5.32 Å². The summed E-state index contributed by atoms with van der Waals surface area (Å²) in [7, 11) is 1.48. The van der Waals surface area contributed by atoms with E-state index in [1.807, 2.05) is 13.0 Å². The van der Waals surface area contributed by atoms with Crippen LogP contribution in [0.5, 0.6) is 5.75 Å². The molecule has 1 N–H and O–H groups in total. The number of amides is 1. The number of halogens is 2. The summed E-state index contributed by atoms with van der Waals surface area (Å²) in [6.45, 7) is 1.36. The highest BCUT2D eigenvalue weighted by Crippen LogP contribution is 2.25. The molecule has 126 valence electrons. The van der Waals surface area contributed by atoms with Gasteiger partial charge in [0.25, 0.3) is 5.91 Å². The molecule has 0 saturated carbocycles. The minimum absolute atomic E-state index is 0.0148. The Labute approximate surface area is 143 Å². The van der Waals surface area contributed by atoms with Crippen molar-refractivity contribution in [1.29, 1.82) is 0 Å². The zero-order valence-corrected chi connectivity index (χ0v) is 13.8. The molecule has 0 aliphatic heterocycles. The highest BCUT2D eigenvalue weighted by atomic mass is 35.5. The van der Waals surface area contributed by atoms with Gasteiger partial charge >= 0.3 is 5.97 Å². The quantitative estimate of drug-likeness (QED) is 0.836. The highest BCUT2D eigenvalue weighted by Gasteiger charge is 2.15. The van der Waals surface area contributed by atoms with E-state index in [0.29, 0.717) is 11.4 Å². The van der Waals surface area contributed by atoms with Crippen LogP contribution < -0.4 is 10.1 Å². The van der Waals surface area contributed by atoms with Crippen LogP contribution in [0, 0.1) is 12.7 Å². The molecule has 2 aromatic rings. The molecule has 5 nitrogen and oxygen atoms in total. The average molecular weight is 352 g/mol. The van der Waals surface area contributed by atoms with Crippen LogP contribution in [0.25, 0.3) is 0 Å². The number of nitrogens with one attached hydrogen (secondary N) is 1. The minimum atomic E-state index is -0.814. The van der Waals surface area contributed by atoms with Crippen LogP contribution in [-0.2, 0) is 9.53 Å². The summed E-state index contributed by atoms with van der Waals surface area (Å²) in [5, 5.41) is 2.52. The third-order valence-electron chi connectivity index (χ3n) is 3.11. The van der Waals surface area contributed by atoms with Gasteiger partial charge in [0.2, 0.25) is 0 Å². The lowest BCUT2D eigenvalue weighted by Gasteiger charge is -2.11. The smallest absolute Gasteiger partial charge is 0.340 e. The Kier molecular flexibility index (Phi) is 5.76. The lowest BCUT2D eigenvalue weighted by atomic mass is 10.2. The fourth-order valence-electron chi connectivity index (χ4n) is 1.97. The fourth-order valence-corrected chi connectivity index (χ4v) is 2.21. The molecule has 2 rings (SSSR count). The Morgan fingerprint density at radius 1 is 1.21 bits per heavy atom. The zero-order valence-electron chi connectivity index (χ0n) is 13.1.